The van der Waals surface area contributed by atoms with E-state index in [-0.39, 0.29) is 0 Å². The largest absolute Gasteiger partial charge is 0.312 e. The van der Waals surface area contributed by atoms with Crippen molar-refractivity contribution in [3.05, 3.63) is 26.5 Å². The fourth-order valence-corrected chi connectivity index (χ4v) is 4.12. The summed E-state index contributed by atoms with van der Waals surface area (Å²) >= 11 is 7.02. The van der Waals surface area contributed by atoms with Gasteiger partial charge in [-0.2, -0.15) is 0 Å². The highest BCUT2D eigenvalue weighted by Crippen LogP contribution is 2.34. The highest BCUT2D eigenvalue weighted by molar-refractivity contribution is 9.10. The summed E-state index contributed by atoms with van der Waals surface area (Å²) in [6.07, 6.45) is 0. The zero-order valence-electron chi connectivity index (χ0n) is 10.8. The lowest BCUT2D eigenvalue weighted by Crippen LogP contribution is -2.18. The molecule has 0 saturated heterocycles. The summed E-state index contributed by atoms with van der Waals surface area (Å²) in [6.45, 7) is 8.52. The van der Waals surface area contributed by atoms with Crippen LogP contribution < -0.4 is 5.32 Å². The van der Waals surface area contributed by atoms with E-state index in [1.165, 1.54) is 9.75 Å². The fourth-order valence-electron chi connectivity index (χ4n) is 1.60. The van der Waals surface area contributed by atoms with Crippen LogP contribution in [-0.2, 0) is 6.54 Å². The number of thiazole rings is 1. The average Bonchev–Trinajstić information content (AvgIpc) is 2.86. The van der Waals surface area contributed by atoms with Crippen molar-refractivity contribution in [1.82, 2.24) is 10.3 Å². The maximum atomic E-state index is 4.66. The number of rotatable bonds is 5. The zero-order chi connectivity index (χ0) is 13.1. The van der Waals surface area contributed by atoms with Crippen molar-refractivity contribution in [2.24, 2.45) is 5.92 Å². The minimum absolute atomic E-state index is 0.686. The second kappa shape index (κ2) is 6.28. The molecule has 0 bridgehead atoms. The Hall–Kier alpha value is -0.230. The molecule has 0 amide bonds. The van der Waals surface area contributed by atoms with Gasteiger partial charge in [-0.3, -0.25) is 0 Å². The van der Waals surface area contributed by atoms with Crippen molar-refractivity contribution in [1.29, 1.82) is 0 Å². The summed E-state index contributed by atoms with van der Waals surface area (Å²) in [5, 5.41) is 6.71. The Kier molecular flexibility index (Phi) is 4.95. The minimum atomic E-state index is 0.686. The van der Waals surface area contributed by atoms with Crippen molar-refractivity contribution in [2.45, 2.75) is 27.3 Å². The van der Waals surface area contributed by atoms with Gasteiger partial charge >= 0.3 is 0 Å². The molecule has 5 heteroatoms. The number of halogens is 1. The average molecular weight is 345 g/mol. The van der Waals surface area contributed by atoms with Crippen LogP contribution in [0.1, 0.15) is 24.4 Å². The first-order chi connectivity index (χ1) is 8.56. The van der Waals surface area contributed by atoms with E-state index in [1.807, 2.05) is 0 Å². The Balaban J connectivity index is 2.07. The van der Waals surface area contributed by atoms with E-state index in [4.69, 9.17) is 0 Å². The van der Waals surface area contributed by atoms with Gasteiger partial charge in [0.15, 0.2) is 0 Å². The van der Waals surface area contributed by atoms with Crippen molar-refractivity contribution in [3.63, 3.8) is 0 Å². The summed E-state index contributed by atoms with van der Waals surface area (Å²) in [6, 6.07) is 2.13. The second-order valence-electron chi connectivity index (χ2n) is 4.68. The van der Waals surface area contributed by atoms with Crippen LogP contribution in [-0.4, -0.2) is 11.5 Å². The Morgan fingerprint density at radius 2 is 2.22 bits per heavy atom. The number of nitrogens with zero attached hydrogens (tertiary/aromatic N) is 1. The number of nitrogens with one attached hydrogen (secondary N) is 1. The standard InChI is InChI=1S/C13H17BrN2S2/c1-8(2)5-15-6-12-9(3)16-13(18-12)11-4-10(14)7-17-11/h4,7-8,15H,5-6H2,1-3H3. The molecule has 1 N–H and O–H groups in total. The number of hydrogen-bond acceptors (Lipinski definition) is 4. The van der Waals surface area contributed by atoms with Crippen LogP contribution in [0.4, 0.5) is 0 Å². The monoisotopic (exact) mass is 344 g/mol. The van der Waals surface area contributed by atoms with Gasteiger partial charge in [-0.15, -0.1) is 22.7 Å². The molecule has 98 valence electrons. The normalized spacial score (nSPS) is 11.4. The van der Waals surface area contributed by atoms with Crippen molar-refractivity contribution in [3.8, 4) is 9.88 Å². The molecular formula is C13H17BrN2S2. The smallest absolute Gasteiger partial charge is 0.133 e. The first kappa shape index (κ1) is 14.2. The Bertz CT molecular complexity index is 517. The van der Waals surface area contributed by atoms with Crippen LogP contribution in [0.5, 0.6) is 0 Å². The fraction of sp³-hybridized carbons (Fsp3) is 0.462. The third-order valence-corrected chi connectivity index (χ3v) is 5.53. The van der Waals surface area contributed by atoms with E-state index in [2.05, 4.69) is 58.4 Å². The molecule has 2 rings (SSSR count). The summed E-state index contributed by atoms with van der Waals surface area (Å²) in [5.74, 6) is 0.686. The molecule has 0 spiro atoms. The zero-order valence-corrected chi connectivity index (χ0v) is 14.0. The van der Waals surface area contributed by atoms with Crippen molar-refractivity contribution >= 4 is 38.6 Å². The maximum absolute atomic E-state index is 4.66. The molecule has 0 radical (unpaired) electrons. The Labute approximate surface area is 125 Å². The van der Waals surface area contributed by atoms with Gasteiger partial charge in [0.2, 0.25) is 0 Å². The molecule has 2 heterocycles. The van der Waals surface area contributed by atoms with Crippen LogP contribution in [0.2, 0.25) is 0 Å². The molecule has 2 nitrogen and oxygen atoms in total. The number of thiophene rings is 1. The topological polar surface area (TPSA) is 24.9 Å². The molecule has 2 aromatic heterocycles. The van der Waals surface area contributed by atoms with Gasteiger partial charge in [0.05, 0.1) is 10.6 Å². The molecular weight excluding hydrogens is 328 g/mol. The molecule has 2 aromatic rings. The van der Waals surface area contributed by atoms with Gasteiger partial charge in [0.1, 0.15) is 5.01 Å². The van der Waals surface area contributed by atoms with Gasteiger partial charge in [-0.25, -0.2) is 4.98 Å². The molecule has 0 aromatic carbocycles. The molecule has 0 fully saturated rings. The Morgan fingerprint density at radius 3 is 2.83 bits per heavy atom. The predicted molar refractivity (Wildman–Crippen MR) is 84.4 cm³/mol. The molecule has 18 heavy (non-hydrogen) atoms. The van der Waals surface area contributed by atoms with Crippen LogP contribution in [0, 0.1) is 12.8 Å². The van der Waals surface area contributed by atoms with E-state index in [0.29, 0.717) is 5.92 Å². The van der Waals surface area contributed by atoms with Crippen LogP contribution in [0.25, 0.3) is 9.88 Å². The van der Waals surface area contributed by atoms with E-state index in [9.17, 15) is 0 Å². The van der Waals surface area contributed by atoms with Crippen LogP contribution in [0.15, 0.2) is 15.9 Å². The van der Waals surface area contributed by atoms with Gasteiger partial charge in [0.25, 0.3) is 0 Å². The quantitative estimate of drug-likeness (QED) is 0.850. The van der Waals surface area contributed by atoms with Gasteiger partial charge in [-0.05, 0) is 41.4 Å². The van der Waals surface area contributed by atoms with E-state index in [1.54, 1.807) is 22.7 Å². The molecule has 0 aliphatic carbocycles. The lowest BCUT2D eigenvalue weighted by Gasteiger charge is -2.05. The lowest BCUT2D eigenvalue weighted by molar-refractivity contribution is 0.554. The number of aromatic nitrogens is 1. The van der Waals surface area contributed by atoms with Gasteiger partial charge < -0.3 is 5.32 Å². The molecule has 0 atom stereocenters. The molecule has 0 aliphatic heterocycles. The molecule has 0 unspecified atom stereocenters. The first-order valence-electron chi connectivity index (χ1n) is 5.97. The highest BCUT2D eigenvalue weighted by Gasteiger charge is 2.10. The van der Waals surface area contributed by atoms with E-state index in [0.717, 1.165) is 28.3 Å². The van der Waals surface area contributed by atoms with E-state index < -0.39 is 0 Å². The highest BCUT2D eigenvalue weighted by atomic mass is 79.9. The molecule has 0 aliphatic rings. The SMILES string of the molecule is Cc1nc(-c2cc(Br)cs2)sc1CNCC(C)C. The predicted octanol–water partition coefficient (Wildman–Crippen LogP) is 4.69. The van der Waals surface area contributed by atoms with Gasteiger partial charge in [-0.1, -0.05) is 13.8 Å². The van der Waals surface area contributed by atoms with Crippen LogP contribution >= 0.6 is 38.6 Å². The third-order valence-electron chi connectivity index (χ3n) is 2.51. The van der Waals surface area contributed by atoms with Gasteiger partial charge in [0, 0.05) is 21.3 Å². The summed E-state index contributed by atoms with van der Waals surface area (Å²) in [7, 11) is 0. The number of aryl methyl sites for hydroxylation is 1. The molecule has 0 saturated carbocycles. The van der Waals surface area contributed by atoms with E-state index >= 15 is 0 Å². The summed E-state index contributed by atoms with van der Waals surface area (Å²) in [4.78, 5) is 7.24. The van der Waals surface area contributed by atoms with Crippen molar-refractivity contribution < 1.29 is 0 Å². The first-order valence-corrected chi connectivity index (χ1v) is 8.46. The second-order valence-corrected chi connectivity index (χ2v) is 7.59. The summed E-state index contributed by atoms with van der Waals surface area (Å²) in [5.41, 5.74) is 1.15. The maximum Gasteiger partial charge on any atom is 0.133 e. The third kappa shape index (κ3) is 3.63. The number of hydrogen-bond donors (Lipinski definition) is 1. The summed E-state index contributed by atoms with van der Waals surface area (Å²) < 4.78 is 1.13. The lowest BCUT2D eigenvalue weighted by atomic mass is 10.2. The minimum Gasteiger partial charge on any atom is -0.312 e. The van der Waals surface area contributed by atoms with Crippen LogP contribution in [0.3, 0.4) is 0 Å². The van der Waals surface area contributed by atoms with Crippen molar-refractivity contribution in [2.75, 3.05) is 6.54 Å². The Morgan fingerprint density at radius 1 is 1.44 bits per heavy atom.